The fraction of sp³-hybridized carbons (Fsp3) is 0.333. The third-order valence-electron chi connectivity index (χ3n) is 4.50. The van der Waals surface area contributed by atoms with Crippen LogP contribution < -0.4 is 9.64 Å². The molecular formula is C18H18F3N3O2. The Balaban J connectivity index is 2.12. The number of hydrogen-bond acceptors (Lipinski definition) is 3. The molecule has 0 saturated carbocycles. The number of aromatic nitrogens is 2. The van der Waals surface area contributed by atoms with Crippen LogP contribution in [0, 0.1) is 19.7 Å². The number of rotatable bonds is 3. The lowest BCUT2D eigenvalue weighted by Gasteiger charge is -2.33. The van der Waals surface area contributed by atoms with E-state index in [1.807, 2.05) is 13.8 Å². The molecule has 26 heavy (non-hydrogen) atoms. The van der Waals surface area contributed by atoms with Gasteiger partial charge in [-0.2, -0.15) is 13.9 Å². The van der Waals surface area contributed by atoms with Crippen molar-refractivity contribution in [1.82, 2.24) is 9.78 Å². The summed E-state index contributed by atoms with van der Waals surface area (Å²) in [6.45, 7) is 5.35. The van der Waals surface area contributed by atoms with E-state index >= 15 is 0 Å². The zero-order valence-corrected chi connectivity index (χ0v) is 14.8. The van der Waals surface area contributed by atoms with E-state index in [0.29, 0.717) is 6.08 Å². The molecule has 1 aliphatic heterocycles. The Morgan fingerprint density at radius 1 is 1.35 bits per heavy atom. The number of halogens is 3. The fourth-order valence-electron chi connectivity index (χ4n) is 3.06. The minimum absolute atomic E-state index is 0.0446. The van der Waals surface area contributed by atoms with Crippen LogP contribution in [0.4, 0.5) is 18.9 Å². The Morgan fingerprint density at radius 3 is 2.62 bits per heavy atom. The lowest BCUT2D eigenvalue weighted by molar-refractivity contribution is -0.125. The molecule has 0 unspecified atom stereocenters. The first-order valence-corrected chi connectivity index (χ1v) is 8.02. The Kier molecular flexibility index (Phi) is 4.52. The van der Waals surface area contributed by atoms with Crippen molar-refractivity contribution >= 4 is 17.7 Å². The Hall–Kier alpha value is -2.77. The predicted octanol–water partition coefficient (Wildman–Crippen LogP) is 3.73. The number of carbonyl (C=O) groups excluding carboxylic acids is 1. The van der Waals surface area contributed by atoms with Crippen molar-refractivity contribution in [3.05, 3.63) is 46.5 Å². The summed E-state index contributed by atoms with van der Waals surface area (Å²) in [5.74, 6) is -1.28. The van der Waals surface area contributed by atoms with Crippen molar-refractivity contribution in [3.63, 3.8) is 0 Å². The number of nitrogens with zero attached hydrogens (tertiary/aromatic N) is 3. The highest BCUT2D eigenvalue weighted by Crippen LogP contribution is 2.39. The third-order valence-corrected chi connectivity index (χ3v) is 4.50. The van der Waals surface area contributed by atoms with Gasteiger partial charge in [-0.25, -0.2) is 4.39 Å². The predicted molar refractivity (Wildman–Crippen MR) is 90.6 cm³/mol. The topological polar surface area (TPSA) is 47.4 Å². The van der Waals surface area contributed by atoms with Crippen molar-refractivity contribution in [1.29, 1.82) is 0 Å². The second-order valence-electron chi connectivity index (χ2n) is 6.24. The molecule has 1 aliphatic rings. The standard InChI is InChI=1S/C18H18F3N3O2/c1-9-13(10(2)23(4)22-9)8-24-15-6-12(7-16(20)21)5-14(19)17(15)26-11(3)18(24)25/h5-7,11H,8H2,1-4H3/t11-/m1/s1. The van der Waals surface area contributed by atoms with Crippen LogP contribution in [-0.4, -0.2) is 21.8 Å². The largest absolute Gasteiger partial charge is 0.476 e. The van der Waals surface area contributed by atoms with E-state index in [4.69, 9.17) is 4.74 Å². The second-order valence-corrected chi connectivity index (χ2v) is 6.24. The van der Waals surface area contributed by atoms with Crippen molar-refractivity contribution < 1.29 is 22.7 Å². The summed E-state index contributed by atoms with van der Waals surface area (Å²) in [5, 5.41) is 4.32. The average molecular weight is 365 g/mol. The van der Waals surface area contributed by atoms with Crippen molar-refractivity contribution in [2.75, 3.05) is 4.90 Å². The van der Waals surface area contributed by atoms with Gasteiger partial charge < -0.3 is 9.64 Å². The Morgan fingerprint density at radius 2 is 2.04 bits per heavy atom. The molecule has 2 heterocycles. The number of amides is 1. The molecule has 5 nitrogen and oxygen atoms in total. The number of ether oxygens (including phenoxy) is 1. The summed E-state index contributed by atoms with van der Waals surface area (Å²) in [6, 6.07) is 2.28. The highest BCUT2D eigenvalue weighted by atomic mass is 19.3. The first kappa shape index (κ1) is 18.0. The van der Waals surface area contributed by atoms with Gasteiger partial charge in [-0.3, -0.25) is 9.48 Å². The first-order chi connectivity index (χ1) is 12.2. The fourth-order valence-corrected chi connectivity index (χ4v) is 3.06. The maximum Gasteiger partial charge on any atom is 0.270 e. The van der Waals surface area contributed by atoms with Gasteiger partial charge in [0.15, 0.2) is 17.7 Å². The summed E-state index contributed by atoms with van der Waals surface area (Å²) in [7, 11) is 1.79. The molecule has 1 atom stereocenters. The molecule has 0 spiro atoms. The van der Waals surface area contributed by atoms with Gasteiger partial charge in [0, 0.05) is 24.4 Å². The molecule has 8 heteroatoms. The van der Waals surface area contributed by atoms with Gasteiger partial charge >= 0.3 is 0 Å². The molecular weight excluding hydrogens is 347 g/mol. The number of anilines is 1. The van der Waals surface area contributed by atoms with Crippen LogP contribution in [0.1, 0.15) is 29.4 Å². The van der Waals surface area contributed by atoms with Crippen LogP contribution >= 0.6 is 0 Å². The summed E-state index contributed by atoms with van der Waals surface area (Å²) in [4.78, 5) is 14.0. The quantitative estimate of drug-likeness (QED) is 0.833. The van der Waals surface area contributed by atoms with Crippen molar-refractivity contribution in [2.24, 2.45) is 7.05 Å². The van der Waals surface area contributed by atoms with Crippen LogP contribution in [0.5, 0.6) is 5.75 Å². The highest BCUT2D eigenvalue weighted by Gasteiger charge is 2.34. The van der Waals surface area contributed by atoms with Gasteiger partial charge in [0.05, 0.1) is 17.9 Å². The lowest BCUT2D eigenvalue weighted by atomic mass is 10.1. The van der Waals surface area contributed by atoms with E-state index in [1.165, 1.54) is 17.9 Å². The molecule has 0 aliphatic carbocycles. The smallest absolute Gasteiger partial charge is 0.270 e. The molecule has 1 amide bonds. The third kappa shape index (κ3) is 3.07. The van der Waals surface area contributed by atoms with E-state index < -0.39 is 18.0 Å². The second kappa shape index (κ2) is 6.51. The monoisotopic (exact) mass is 365 g/mol. The van der Waals surface area contributed by atoms with E-state index in [1.54, 1.807) is 11.7 Å². The molecule has 0 fully saturated rings. The van der Waals surface area contributed by atoms with Crippen LogP contribution in [-0.2, 0) is 18.4 Å². The highest BCUT2D eigenvalue weighted by molar-refractivity contribution is 6.00. The Labute approximate surface area is 148 Å². The van der Waals surface area contributed by atoms with E-state index in [9.17, 15) is 18.0 Å². The lowest BCUT2D eigenvalue weighted by Crippen LogP contribution is -2.44. The number of aryl methyl sites for hydroxylation is 2. The summed E-state index contributed by atoms with van der Waals surface area (Å²) >= 11 is 0. The average Bonchev–Trinajstić information content (AvgIpc) is 2.78. The molecule has 138 valence electrons. The molecule has 3 rings (SSSR count). The van der Waals surface area contributed by atoms with E-state index in [-0.39, 0.29) is 29.5 Å². The molecule has 0 N–H and O–H groups in total. The summed E-state index contributed by atoms with van der Waals surface area (Å²) < 4.78 is 46.7. The van der Waals surface area contributed by atoms with Crippen molar-refractivity contribution in [3.8, 4) is 5.75 Å². The summed E-state index contributed by atoms with van der Waals surface area (Å²) in [5.41, 5.74) is 2.51. The molecule has 0 radical (unpaired) electrons. The normalized spacial score (nSPS) is 16.3. The van der Waals surface area contributed by atoms with Crippen molar-refractivity contribution in [2.45, 2.75) is 33.4 Å². The van der Waals surface area contributed by atoms with Crippen LogP contribution in [0.2, 0.25) is 0 Å². The molecule has 1 aromatic carbocycles. The minimum atomic E-state index is -1.95. The number of hydrogen-bond donors (Lipinski definition) is 0. The number of benzene rings is 1. The molecule has 0 bridgehead atoms. The molecule has 2 aromatic rings. The zero-order valence-electron chi connectivity index (χ0n) is 14.8. The molecule has 1 aromatic heterocycles. The van der Waals surface area contributed by atoms with E-state index in [0.717, 1.165) is 23.0 Å². The number of carbonyl (C=O) groups is 1. The van der Waals surface area contributed by atoms with Gasteiger partial charge in [-0.05, 0) is 38.5 Å². The van der Waals surface area contributed by atoms with Crippen LogP contribution in [0.3, 0.4) is 0 Å². The summed E-state index contributed by atoms with van der Waals surface area (Å²) in [6.07, 6.45) is -2.29. The van der Waals surface area contributed by atoms with E-state index in [2.05, 4.69) is 5.10 Å². The SMILES string of the molecule is Cc1nn(C)c(C)c1CN1C(=O)[C@@H](C)Oc2c(F)cc(C=C(F)F)cc21. The van der Waals surface area contributed by atoms with Gasteiger partial charge in [0.2, 0.25) is 0 Å². The van der Waals surface area contributed by atoms with Crippen LogP contribution in [0.25, 0.3) is 6.08 Å². The number of fused-ring (bicyclic) bond motifs is 1. The minimum Gasteiger partial charge on any atom is -0.476 e. The van der Waals surface area contributed by atoms with Crippen LogP contribution in [0.15, 0.2) is 18.2 Å². The maximum absolute atomic E-state index is 14.4. The maximum atomic E-state index is 14.4. The first-order valence-electron chi connectivity index (χ1n) is 8.02. The van der Waals surface area contributed by atoms with Gasteiger partial charge in [0.25, 0.3) is 12.0 Å². The Bertz CT molecular complexity index is 917. The molecule has 0 saturated heterocycles. The van der Waals surface area contributed by atoms with Gasteiger partial charge in [-0.1, -0.05) is 0 Å². The van der Waals surface area contributed by atoms with Gasteiger partial charge in [-0.15, -0.1) is 0 Å². The zero-order chi connectivity index (χ0) is 19.2. The van der Waals surface area contributed by atoms with Gasteiger partial charge in [0.1, 0.15) is 0 Å².